The molecule has 1 aromatic heterocycles. The lowest BCUT2D eigenvalue weighted by Crippen LogP contribution is -2.19. The van der Waals surface area contributed by atoms with E-state index in [4.69, 9.17) is 5.11 Å². The molecule has 0 saturated carbocycles. The fraction of sp³-hybridized carbons (Fsp3) is 0.154. The van der Waals surface area contributed by atoms with Gasteiger partial charge in [-0.1, -0.05) is 0 Å². The molecule has 7 nitrogen and oxygen atoms in total. The van der Waals surface area contributed by atoms with Gasteiger partial charge < -0.3 is 14.6 Å². The fourth-order valence-electron chi connectivity index (χ4n) is 1.74. The lowest BCUT2D eigenvalue weighted by atomic mass is 10.3. The van der Waals surface area contributed by atoms with Gasteiger partial charge >= 0.3 is 12.5 Å². The molecular formula is C13H9F3N2O5. The summed E-state index contributed by atoms with van der Waals surface area (Å²) >= 11 is 0. The number of aryl methyl sites for hydroxylation is 1. The summed E-state index contributed by atoms with van der Waals surface area (Å²) in [7, 11) is 0. The molecule has 0 bridgehead atoms. The topological polar surface area (TPSA) is 90.7 Å². The van der Waals surface area contributed by atoms with E-state index in [0.29, 0.717) is 5.69 Å². The minimum Gasteiger partial charge on any atom is -0.449 e. The molecule has 0 aliphatic rings. The van der Waals surface area contributed by atoms with Crippen LogP contribution >= 0.6 is 0 Å². The molecule has 1 heterocycles. The van der Waals surface area contributed by atoms with Crippen LogP contribution < -0.4 is 14.9 Å². The van der Waals surface area contributed by atoms with Crippen LogP contribution in [-0.4, -0.2) is 27.4 Å². The van der Waals surface area contributed by atoms with Gasteiger partial charge in [0.15, 0.2) is 0 Å². The predicted molar refractivity (Wildman–Crippen MR) is 69.9 cm³/mol. The molecule has 10 heteroatoms. The maximum absolute atomic E-state index is 12.1. The van der Waals surface area contributed by atoms with Crippen molar-refractivity contribution in [3.8, 4) is 17.3 Å². The Labute approximate surface area is 126 Å². The van der Waals surface area contributed by atoms with Crippen molar-refractivity contribution in [2.75, 3.05) is 0 Å². The van der Waals surface area contributed by atoms with Crippen molar-refractivity contribution in [2.24, 2.45) is 0 Å². The molecule has 0 radical (unpaired) electrons. The average molecular weight is 330 g/mol. The first-order valence-electron chi connectivity index (χ1n) is 6.03. The number of carboxylic acid groups (broad SMARTS) is 1. The molecule has 0 aliphatic heterocycles. The number of benzene rings is 1. The van der Waals surface area contributed by atoms with Crippen LogP contribution in [0.25, 0.3) is 5.69 Å². The maximum Gasteiger partial charge on any atom is 0.573 e. The highest BCUT2D eigenvalue weighted by atomic mass is 19.4. The number of hydrogen-bond acceptors (Lipinski definition) is 5. The first-order chi connectivity index (χ1) is 10.7. The van der Waals surface area contributed by atoms with E-state index in [1.165, 1.54) is 19.1 Å². The van der Waals surface area contributed by atoms with Crippen molar-refractivity contribution in [1.82, 2.24) is 9.78 Å². The summed E-state index contributed by atoms with van der Waals surface area (Å²) in [6.07, 6.45) is -6.52. The Kier molecular flexibility index (Phi) is 4.25. The molecule has 0 atom stereocenters. The van der Waals surface area contributed by atoms with E-state index in [1.54, 1.807) is 0 Å². The van der Waals surface area contributed by atoms with Gasteiger partial charge in [-0.05, 0) is 31.2 Å². The van der Waals surface area contributed by atoms with Crippen LogP contribution in [0.15, 0.2) is 35.1 Å². The zero-order chi connectivity index (χ0) is 17.2. The minimum absolute atomic E-state index is 0.285. The van der Waals surface area contributed by atoms with Crippen LogP contribution in [0, 0.1) is 6.92 Å². The quantitative estimate of drug-likeness (QED) is 0.870. The van der Waals surface area contributed by atoms with Crippen molar-refractivity contribution >= 4 is 6.16 Å². The number of halogens is 3. The van der Waals surface area contributed by atoms with E-state index >= 15 is 0 Å². The third kappa shape index (κ3) is 4.22. The summed E-state index contributed by atoms with van der Waals surface area (Å²) in [5.74, 6) is -1.10. The van der Waals surface area contributed by atoms with Crippen molar-refractivity contribution < 1.29 is 32.5 Å². The minimum atomic E-state index is -4.81. The zero-order valence-corrected chi connectivity index (χ0v) is 11.5. The van der Waals surface area contributed by atoms with Crippen LogP contribution in [0.2, 0.25) is 0 Å². The second-order valence-electron chi connectivity index (χ2n) is 4.28. The van der Waals surface area contributed by atoms with Gasteiger partial charge in [-0.15, -0.1) is 18.3 Å². The summed E-state index contributed by atoms with van der Waals surface area (Å²) in [4.78, 5) is 22.1. The lowest BCUT2D eigenvalue weighted by molar-refractivity contribution is -0.274. The van der Waals surface area contributed by atoms with Crippen LogP contribution in [0.3, 0.4) is 0 Å². The van der Waals surface area contributed by atoms with Gasteiger partial charge in [0.1, 0.15) is 5.75 Å². The van der Waals surface area contributed by atoms with E-state index in [0.717, 1.165) is 22.9 Å². The zero-order valence-electron chi connectivity index (χ0n) is 11.5. The van der Waals surface area contributed by atoms with Crippen molar-refractivity contribution in [3.05, 3.63) is 46.2 Å². The molecule has 1 N–H and O–H groups in total. The van der Waals surface area contributed by atoms with E-state index < -0.39 is 29.6 Å². The Hall–Kier alpha value is -3.04. The monoisotopic (exact) mass is 330 g/mol. The fourth-order valence-corrected chi connectivity index (χ4v) is 1.74. The van der Waals surface area contributed by atoms with Crippen LogP contribution in [0.4, 0.5) is 18.0 Å². The summed E-state index contributed by atoms with van der Waals surface area (Å²) < 4.78 is 45.4. The third-order valence-corrected chi connectivity index (χ3v) is 2.57. The van der Waals surface area contributed by atoms with Gasteiger partial charge in [0, 0.05) is 11.8 Å². The average Bonchev–Trinajstić information content (AvgIpc) is 2.41. The lowest BCUT2D eigenvalue weighted by Gasteiger charge is -2.12. The molecule has 1 aromatic carbocycles. The van der Waals surface area contributed by atoms with Gasteiger partial charge in [-0.2, -0.15) is 0 Å². The number of hydrogen-bond donors (Lipinski definition) is 1. The summed E-state index contributed by atoms with van der Waals surface area (Å²) in [6, 6.07) is 5.72. The van der Waals surface area contributed by atoms with Crippen LogP contribution in [0.5, 0.6) is 11.6 Å². The molecule has 2 aromatic rings. The van der Waals surface area contributed by atoms with Crippen molar-refractivity contribution in [3.63, 3.8) is 0 Å². The number of nitrogens with zero attached hydrogens (tertiary/aromatic N) is 2. The molecule has 0 saturated heterocycles. The van der Waals surface area contributed by atoms with Crippen LogP contribution in [0.1, 0.15) is 5.69 Å². The maximum atomic E-state index is 12.1. The SMILES string of the molecule is Cc1cc(=O)c(OC(=O)O)nn1-c1ccc(OC(F)(F)F)cc1. The largest absolute Gasteiger partial charge is 0.573 e. The van der Waals surface area contributed by atoms with Gasteiger partial charge in [-0.3, -0.25) is 4.79 Å². The smallest absolute Gasteiger partial charge is 0.449 e. The number of alkyl halides is 3. The van der Waals surface area contributed by atoms with Gasteiger partial charge in [0.25, 0.3) is 5.88 Å². The molecule has 0 unspecified atom stereocenters. The second kappa shape index (κ2) is 5.99. The predicted octanol–water partition coefficient (Wildman–Crippen LogP) is 2.50. The Morgan fingerprint density at radius 1 is 1.26 bits per heavy atom. The summed E-state index contributed by atoms with van der Waals surface area (Å²) in [5.41, 5.74) is -0.123. The Balaban J connectivity index is 2.38. The second-order valence-corrected chi connectivity index (χ2v) is 4.28. The number of ether oxygens (including phenoxy) is 2. The molecule has 0 fully saturated rings. The van der Waals surface area contributed by atoms with Crippen molar-refractivity contribution in [2.45, 2.75) is 13.3 Å². The highest BCUT2D eigenvalue weighted by Crippen LogP contribution is 2.23. The number of carbonyl (C=O) groups is 1. The molecule has 0 amide bonds. The Morgan fingerprint density at radius 2 is 1.87 bits per heavy atom. The number of rotatable bonds is 3. The van der Waals surface area contributed by atoms with E-state index in [2.05, 4.69) is 14.6 Å². The number of aromatic nitrogens is 2. The molecular weight excluding hydrogens is 321 g/mol. The third-order valence-electron chi connectivity index (χ3n) is 2.57. The molecule has 23 heavy (non-hydrogen) atoms. The molecule has 0 aliphatic carbocycles. The molecule has 0 spiro atoms. The first-order valence-corrected chi connectivity index (χ1v) is 6.03. The molecule has 2 rings (SSSR count). The van der Waals surface area contributed by atoms with Crippen molar-refractivity contribution in [1.29, 1.82) is 0 Å². The van der Waals surface area contributed by atoms with E-state index in [-0.39, 0.29) is 5.69 Å². The van der Waals surface area contributed by atoms with E-state index in [1.807, 2.05) is 0 Å². The Morgan fingerprint density at radius 3 is 2.39 bits per heavy atom. The van der Waals surface area contributed by atoms with Gasteiger partial charge in [-0.25, -0.2) is 9.48 Å². The molecule has 122 valence electrons. The summed E-state index contributed by atoms with van der Waals surface area (Å²) in [5, 5.41) is 12.3. The highest BCUT2D eigenvalue weighted by molar-refractivity contribution is 5.60. The standard InChI is InChI=1S/C13H9F3N2O5/c1-7-6-10(19)11(22-12(20)21)17-18(7)8-2-4-9(5-3-8)23-13(14,15)16/h2-6H,1H3,(H,20,21). The van der Waals surface area contributed by atoms with Crippen LogP contribution in [-0.2, 0) is 0 Å². The van der Waals surface area contributed by atoms with E-state index in [9.17, 15) is 22.8 Å². The van der Waals surface area contributed by atoms with Gasteiger partial charge in [0.2, 0.25) is 5.43 Å². The Bertz CT molecular complexity index is 784. The normalized spacial score (nSPS) is 11.1. The summed E-state index contributed by atoms with van der Waals surface area (Å²) in [6.45, 7) is 1.51. The van der Waals surface area contributed by atoms with Gasteiger partial charge in [0.05, 0.1) is 5.69 Å². The first kappa shape index (κ1) is 16.3. The highest BCUT2D eigenvalue weighted by Gasteiger charge is 2.31.